The van der Waals surface area contributed by atoms with Gasteiger partial charge in [-0.3, -0.25) is 18.2 Å². The highest BCUT2D eigenvalue weighted by molar-refractivity contribution is 7.86. The zero-order chi connectivity index (χ0) is 40.8. The normalized spacial score (nSPS) is 13.1. The predicted octanol–water partition coefficient (Wildman–Crippen LogP) is 6.95. The zero-order valence-electron chi connectivity index (χ0n) is 27.0. The number of anilines is 1. The van der Waals surface area contributed by atoms with Crippen LogP contribution in [-0.4, -0.2) is 57.0 Å². The number of nitrogens with zero attached hydrogens (tertiary/aromatic N) is 6. The maximum atomic E-state index is 15.1. The van der Waals surface area contributed by atoms with Gasteiger partial charge in [0.25, 0.3) is 40.5 Å². The van der Waals surface area contributed by atoms with E-state index in [4.69, 9.17) is 5.73 Å². The summed E-state index contributed by atoms with van der Waals surface area (Å²) in [5.41, 5.74) is 1.23. The Balaban J connectivity index is 1.74. The Kier molecular flexibility index (Phi) is 10.7. The number of phenols is 1. The molecule has 5 rings (SSSR count). The summed E-state index contributed by atoms with van der Waals surface area (Å²) in [6.45, 7) is 1.78. The average Bonchev–Trinajstić information content (AvgIpc) is 3.05. The molecule has 288 valence electrons. The standard InChI is InChI=1S/C29H21F2N7O13S4/c1-13-2-5-16(6-3-13)33-34-18-12-22(53(43,44)45)20(11-17(18)31)36-38-28-24(55(49,50)51)9-14-8-23(54(46,47)48)27(26(32)25(14)29(28)39)37-35-19-10-15(30)4-7-21(19)52(40,41)42/h2-12,39H,32H2,1H3,(H,40,41,42)(H,43,44,45)(H,46,47,48)(H,49,50,51). The molecule has 5 aromatic rings. The van der Waals surface area contributed by atoms with E-state index in [1.165, 1.54) is 12.1 Å². The molecule has 20 nitrogen and oxygen atoms in total. The van der Waals surface area contributed by atoms with Gasteiger partial charge in [0.05, 0.1) is 16.8 Å². The van der Waals surface area contributed by atoms with E-state index in [0.717, 1.165) is 5.56 Å². The van der Waals surface area contributed by atoms with Crippen molar-refractivity contribution in [3.63, 3.8) is 0 Å². The molecule has 0 aliphatic carbocycles. The van der Waals surface area contributed by atoms with E-state index in [2.05, 4.69) is 30.7 Å². The number of rotatable bonds is 10. The molecule has 0 radical (unpaired) electrons. The first kappa shape index (κ1) is 40.4. The van der Waals surface area contributed by atoms with Crippen LogP contribution >= 0.6 is 0 Å². The summed E-state index contributed by atoms with van der Waals surface area (Å²) in [7, 11) is -21.2. The molecular formula is C29H21F2N7O13S4. The average molecular weight is 842 g/mol. The van der Waals surface area contributed by atoms with E-state index in [-0.39, 0.29) is 5.69 Å². The summed E-state index contributed by atoms with van der Waals surface area (Å²) < 4.78 is 166. The molecule has 0 aliphatic heterocycles. The van der Waals surface area contributed by atoms with Gasteiger partial charge in [0.1, 0.15) is 53.8 Å². The number of fused-ring (bicyclic) bond motifs is 1. The lowest BCUT2D eigenvalue weighted by atomic mass is 10.1. The van der Waals surface area contributed by atoms with Crippen LogP contribution in [0.3, 0.4) is 0 Å². The Morgan fingerprint density at radius 2 is 1.04 bits per heavy atom. The topological polar surface area (TPSA) is 338 Å². The third-order valence-electron chi connectivity index (χ3n) is 7.20. The predicted molar refractivity (Wildman–Crippen MR) is 186 cm³/mol. The minimum Gasteiger partial charge on any atom is -0.505 e. The number of aromatic hydroxyl groups is 1. The van der Waals surface area contributed by atoms with Crippen LogP contribution in [0.25, 0.3) is 10.8 Å². The first-order valence-electron chi connectivity index (χ1n) is 14.3. The minimum absolute atomic E-state index is 0.233. The number of hydrogen-bond acceptors (Lipinski definition) is 16. The van der Waals surface area contributed by atoms with Crippen molar-refractivity contribution in [1.82, 2.24) is 0 Å². The highest BCUT2D eigenvalue weighted by atomic mass is 32.2. The van der Waals surface area contributed by atoms with E-state index < -0.39 is 122 Å². The maximum absolute atomic E-state index is 15.1. The van der Waals surface area contributed by atoms with Gasteiger partial charge in [-0.1, -0.05) is 17.7 Å². The van der Waals surface area contributed by atoms with Gasteiger partial charge in [0.2, 0.25) is 0 Å². The summed E-state index contributed by atoms with van der Waals surface area (Å²) in [4.78, 5) is -4.76. The van der Waals surface area contributed by atoms with E-state index in [1.807, 2.05) is 0 Å². The number of nitrogens with two attached hydrogens (primary N) is 1. The van der Waals surface area contributed by atoms with Crippen molar-refractivity contribution in [1.29, 1.82) is 0 Å². The molecule has 0 unspecified atom stereocenters. The van der Waals surface area contributed by atoms with Crippen molar-refractivity contribution < 1.29 is 65.8 Å². The lowest BCUT2D eigenvalue weighted by Gasteiger charge is -2.14. The van der Waals surface area contributed by atoms with Crippen LogP contribution in [0, 0.1) is 18.6 Å². The maximum Gasteiger partial charge on any atom is 0.296 e. The molecule has 0 saturated carbocycles. The van der Waals surface area contributed by atoms with Crippen LogP contribution in [0.4, 0.5) is 48.6 Å². The van der Waals surface area contributed by atoms with Crippen LogP contribution in [0.1, 0.15) is 5.56 Å². The Morgan fingerprint density at radius 3 is 1.58 bits per heavy atom. The van der Waals surface area contributed by atoms with Crippen molar-refractivity contribution in [3.05, 3.63) is 83.9 Å². The molecule has 5 aromatic carbocycles. The first-order valence-corrected chi connectivity index (χ1v) is 20.1. The highest BCUT2D eigenvalue weighted by Crippen LogP contribution is 2.49. The SMILES string of the molecule is Cc1ccc(N=Nc2cc(S(=O)(=O)O)c(N=Nc3c(S(=O)(=O)O)cc4cc(S(=O)(=O)O)c(N=Nc5cc(F)ccc5S(=O)(=O)O)c(N)c4c3O)cc2F)cc1. The number of azo groups is 3. The fourth-order valence-electron chi connectivity index (χ4n) is 4.72. The summed E-state index contributed by atoms with van der Waals surface area (Å²) in [5.74, 6) is -3.75. The van der Waals surface area contributed by atoms with Crippen LogP contribution in [-0.2, 0) is 40.5 Å². The van der Waals surface area contributed by atoms with E-state index in [9.17, 15) is 61.4 Å². The Bertz CT molecular complexity index is 2980. The van der Waals surface area contributed by atoms with Gasteiger partial charge in [0.15, 0.2) is 11.6 Å². The molecule has 26 heteroatoms. The molecule has 7 N–H and O–H groups in total. The number of hydrogen-bond donors (Lipinski definition) is 6. The van der Waals surface area contributed by atoms with E-state index in [0.29, 0.717) is 42.5 Å². The fourth-order valence-corrected chi connectivity index (χ4v) is 7.27. The largest absolute Gasteiger partial charge is 0.505 e. The van der Waals surface area contributed by atoms with Gasteiger partial charge in [-0.25, -0.2) is 8.78 Å². The van der Waals surface area contributed by atoms with Gasteiger partial charge in [-0.2, -0.15) is 38.8 Å². The van der Waals surface area contributed by atoms with Crippen molar-refractivity contribution in [2.75, 3.05) is 5.73 Å². The molecule has 0 aliphatic rings. The molecule has 0 saturated heterocycles. The molecule has 0 bridgehead atoms. The van der Waals surface area contributed by atoms with E-state index in [1.54, 1.807) is 19.1 Å². The van der Waals surface area contributed by atoms with Crippen LogP contribution < -0.4 is 5.73 Å². The van der Waals surface area contributed by atoms with Crippen molar-refractivity contribution in [2.24, 2.45) is 30.7 Å². The summed E-state index contributed by atoms with van der Waals surface area (Å²) >= 11 is 0. The van der Waals surface area contributed by atoms with Gasteiger partial charge in [-0.05, 0) is 54.8 Å². The molecule has 0 spiro atoms. The number of phenolic OH excluding ortho intramolecular Hbond substituents is 1. The number of benzene rings is 5. The van der Waals surface area contributed by atoms with Gasteiger partial charge in [0, 0.05) is 12.1 Å². The molecule has 0 aromatic heterocycles. The number of nitrogen functional groups attached to an aromatic ring is 1. The van der Waals surface area contributed by atoms with E-state index >= 15 is 4.39 Å². The van der Waals surface area contributed by atoms with Gasteiger partial charge >= 0.3 is 0 Å². The Hall–Kier alpha value is -5.74. The first-order chi connectivity index (χ1) is 25.4. The molecule has 0 heterocycles. The van der Waals surface area contributed by atoms with Crippen LogP contribution in [0.2, 0.25) is 0 Å². The second-order valence-electron chi connectivity index (χ2n) is 11.0. The van der Waals surface area contributed by atoms with Gasteiger partial charge in [-0.15, -0.1) is 25.6 Å². The van der Waals surface area contributed by atoms with Gasteiger partial charge < -0.3 is 10.8 Å². The Morgan fingerprint density at radius 1 is 0.545 bits per heavy atom. The third kappa shape index (κ3) is 8.81. The minimum atomic E-state index is -5.48. The summed E-state index contributed by atoms with van der Waals surface area (Å²) in [6, 6.07) is 9.81. The Labute approximate surface area is 308 Å². The molecule has 55 heavy (non-hydrogen) atoms. The molecule has 0 atom stereocenters. The summed E-state index contributed by atoms with van der Waals surface area (Å²) in [6.07, 6.45) is 0. The molecular weight excluding hydrogens is 821 g/mol. The van der Waals surface area contributed by atoms with Crippen molar-refractivity contribution >= 4 is 91.1 Å². The highest BCUT2D eigenvalue weighted by Gasteiger charge is 2.29. The number of halogens is 2. The van der Waals surface area contributed by atoms with Crippen molar-refractivity contribution in [3.8, 4) is 5.75 Å². The van der Waals surface area contributed by atoms with Crippen LogP contribution in [0.5, 0.6) is 5.75 Å². The summed E-state index contributed by atoms with van der Waals surface area (Å²) in [5, 5.41) is 31.0. The molecule has 0 fully saturated rings. The molecule has 0 amide bonds. The van der Waals surface area contributed by atoms with Crippen molar-refractivity contribution in [2.45, 2.75) is 26.5 Å². The lowest BCUT2D eigenvalue weighted by Crippen LogP contribution is -2.04. The second-order valence-corrected chi connectivity index (χ2v) is 16.6. The number of aryl methyl sites for hydroxylation is 1. The zero-order valence-corrected chi connectivity index (χ0v) is 30.3. The fraction of sp³-hybridized carbons (Fsp3) is 0.0345. The second kappa shape index (κ2) is 14.5. The quantitative estimate of drug-likeness (QED) is 0.0471. The lowest BCUT2D eigenvalue weighted by molar-refractivity contribution is 0.472. The van der Waals surface area contributed by atoms with Crippen LogP contribution in [0.15, 0.2) is 117 Å². The monoisotopic (exact) mass is 841 g/mol. The smallest absolute Gasteiger partial charge is 0.296 e. The third-order valence-corrected chi connectivity index (χ3v) is 10.7.